The predicted molar refractivity (Wildman–Crippen MR) is 80.3 cm³/mol. The standard InChI is InChI=1S/C16H20N2O3/c1-11(19)18-8-5-12-3-2-4-14(15(12)18)17-16(20)13-6-9-21-10-7-13/h2-4,13H,5-10H2,1H3,(H,17,20). The largest absolute Gasteiger partial charge is 0.381 e. The maximum absolute atomic E-state index is 12.4. The van der Waals surface area contributed by atoms with Crippen molar-refractivity contribution in [3.63, 3.8) is 0 Å². The molecule has 0 saturated carbocycles. The summed E-state index contributed by atoms with van der Waals surface area (Å²) in [6, 6.07) is 5.82. The van der Waals surface area contributed by atoms with Gasteiger partial charge in [0.2, 0.25) is 11.8 Å². The number of ether oxygens (including phenoxy) is 1. The maximum Gasteiger partial charge on any atom is 0.227 e. The molecule has 1 saturated heterocycles. The molecule has 21 heavy (non-hydrogen) atoms. The van der Waals surface area contributed by atoms with Crippen LogP contribution < -0.4 is 10.2 Å². The minimum atomic E-state index is 0.00165. The van der Waals surface area contributed by atoms with Crippen LogP contribution in [0.15, 0.2) is 18.2 Å². The first-order valence-electron chi connectivity index (χ1n) is 7.45. The number of nitrogens with one attached hydrogen (secondary N) is 1. The highest BCUT2D eigenvalue weighted by molar-refractivity contribution is 6.02. The van der Waals surface area contributed by atoms with Crippen LogP contribution in [-0.2, 0) is 20.7 Å². The van der Waals surface area contributed by atoms with Gasteiger partial charge in [0.05, 0.1) is 11.4 Å². The van der Waals surface area contributed by atoms with Gasteiger partial charge in [0.15, 0.2) is 0 Å². The van der Waals surface area contributed by atoms with Gasteiger partial charge in [-0.2, -0.15) is 0 Å². The monoisotopic (exact) mass is 288 g/mol. The van der Waals surface area contributed by atoms with Gasteiger partial charge in [-0.1, -0.05) is 12.1 Å². The molecule has 112 valence electrons. The van der Waals surface area contributed by atoms with E-state index in [1.54, 1.807) is 11.8 Å². The fourth-order valence-corrected chi connectivity index (χ4v) is 3.07. The lowest BCUT2D eigenvalue weighted by atomic mass is 9.99. The molecule has 3 rings (SSSR count). The molecular weight excluding hydrogens is 268 g/mol. The van der Waals surface area contributed by atoms with Crippen LogP contribution >= 0.6 is 0 Å². The number of hydrogen-bond donors (Lipinski definition) is 1. The van der Waals surface area contributed by atoms with Gasteiger partial charge in [-0.15, -0.1) is 0 Å². The van der Waals surface area contributed by atoms with E-state index in [0.29, 0.717) is 19.8 Å². The smallest absolute Gasteiger partial charge is 0.227 e. The molecular formula is C16H20N2O3. The number of benzene rings is 1. The topological polar surface area (TPSA) is 58.6 Å². The zero-order chi connectivity index (χ0) is 14.8. The third-order valence-electron chi connectivity index (χ3n) is 4.22. The van der Waals surface area contributed by atoms with Crippen molar-refractivity contribution in [3.05, 3.63) is 23.8 Å². The van der Waals surface area contributed by atoms with E-state index in [0.717, 1.165) is 36.2 Å². The Morgan fingerprint density at radius 2 is 2.05 bits per heavy atom. The lowest BCUT2D eigenvalue weighted by Gasteiger charge is -2.23. The van der Waals surface area contributed by atoms with Gasteiger partial charge in [-0.25, -0.2) is 0 Å². The summed E-state index contributed by atoms with van der Waals surface area (Å²) in [6.45, 7) is 3.54. The average Bonchev–Trinajstić information content (AvgIpc) is 2.93. The summed E-state index contributed by atoms with van der Waals surface area (Å²) >= 11 is 0. The number of carbonyl (C=O) groups excluding carboxylic acids is 2. The van der Waals surface area contributed by atoms with Crippen LogP contribution in [-0.4, -0.2) is 31.6 Å². The highest BCUT2D eigenvalue weighted by atomic mass is 16.5. The molecule has 0 aromatic heterocycles. The van der Waals surface area contributed by atoms with E-state index >= 15 is 0 Å². The molecule has 5 heteroatoms. The van der Waals surface area contributed by atoms with Crippen LogP contribution in [0, 0.1) is 5.92 Å². The molecule has 2 aliphatic heterocycles. The fourth-order valence-electron chi connectivity index (χ4n) is 3.07. The summed E-state index contributed by atoms with van der Waals surface area (Å²) < 4.78 is 5.29. The summed E-state index contributed by atoms with van der Waals surface area (Å²) in [6.07, 6.45) is 2.37. The number of anilines is 2. The Morgan fingerprint density at radius 1 is 1.29 bits per heavy atom. The van der Waals surface area contributed by atoms with E-state index in [-0.39, 0.29) is 17.7 Å². The van der Waals surface area contributed by atoms with Crippen LogP contribution in [0.2, 0.25) is 0 Å². The number of para-hydroxylation sites is 1. The lowest BCUT2D eigenvalue weighted by molar-refractivity contribution is -0.122. The summed E-state index contributed by atoms with van der Waals surface area (Å²) in [4.78, 5) is 25.9. The Labute approximate surface area is 124 Å². The van der Waals surface area contributed by atoms with Crippen molar-refractivity contribution in [2.45, 2.75) is 26.2 Å². The van der Waals surface area contributed by atoms with Crippen LogP contribution in [0.25, 0.3) is 0 Å². The lowest BCUT2D eigenvalue weighted by Crippen LogP contribution is -2.30. The Hall–Kier alpha value is -1.88. The number of carbonyl (C=O) groups is 2. The molecule has 2 aliphatic rings. The number of fused-ring (bicyclic) bond motifs is 1. The second-order valence-corrected chi connectivity index (χ2v) is 5.61. The predicted octanol–water partition coefficient (Wildman–Crippen LogP) is 1.96. The molecule has 0 unspecified atom stereocenters. The van der Waals surface area contributed by atoms with Gasteiger partial charge in [-0.05, 0) is 30.9 Å². The summed E-state index contributed by atoms with van der Waals surface area (Å²) in [5.41, 5.74) is 2.73. The molecule has 0 atom stereocenters. The SMILES string of the molecule is CC(=O)N1CCc2cccc(NC(=O)C3CCOCC3)c21. The molecule has 0 radical (unpaired) electrons. The summed E-state index contributed by atoms with van der Waals surface area (Å²) in [5, 5.41) is 3.01. The molecule has 0 bridgehead atoms. The molecule has 5 nitrogen and oxygen atoms in total. The fraction of sp³-hybridized carbons (Fsp3) is 0.500. The molecule has 2 heterocycles. The Bertz CT molecular complexity index is 565. The second kappa shape index (κ2) is 5.85. The van der Waals surface area contributed by atoms with Gasteiger partial charge >= 0.3 is 0 Å². The zero-order valence-corrected chi connectivity index (χ0v) is 12.2. The van der Waals surface area contributed by atoms with Gasteiger partial charge in [0.1, 0.15) is 0 Å². The number of nitrogens with zero attached hydrogens (tertiary/aromatic N) is 1. The number of hydrogen-bond acceptors (Lipinski definition) is 3. The summed E-state index contributed by atoms with van der Waals surface area (Å²) in [5.74, 6) is 0.0467. The molecule has 1 aromatic carbocycles. The average molecular weight is 288 g/mol. The van der Waals surface area contributed by atoms with Crippen LogP contribution in [0.5, 0.6) is 0 Å². The number of rotatable bonds is 2. The van der Waals surface area contributed by atoms with Gasteiger partial charge < -0.3 is 15.0 Å². The van der Waals surface area contributed by atoms with Crippen molar-refractivity contribution < 1.29 is 14.3 Å². The van der Waals surface area contributed by atoms with Crippen molar-refractivity contribution in [3.8, 4) is 0 Å². The molecule has 0 aliphatic carbocycles. The van der Waals surface area contributed by atoms with Crippen molar-refractivity contribution in [2.24, 2.45) is 5.92 Å². The first kappa shape index (κ1) is 14.1. The minimum Gasteiger partial charge on any atom is -0.381 e. The van der Waals surface area contributed by atoms with Crippen molar-refractivity contribution in [2.75, 3.05) is 30.0 Å². The Balaban J connectivity index is 1.81. The normalized spacial score (nSPS) is 18.4. The minimum absolute atomic E-state index is 0.00165. The van der Waals surface area contributed by atoms with Gasteiger partial charge in [0, 0.05) is 32.6 Å². The van der Waals surface area contributed by atoms with Gasteiger partial charge in [0.25, 0.3) is 0 Å². The van der Waals surface area contributed by atoms with Crippen molar-refractivity contribution >= 4 is 23.2 Å². The maximum atomic E-state index is 12.4. The molecule has 0 spiro atoms. The molecule has 1 fully saturated rings. The third-order valence-corrected chi connectivity index (χ3v) is 4.22. The molecule has 1 aromatic rings. The number of amides is 2. The van der Waals surface area contributed by atoms with Crippen LogP contribution in [0.4, 0.5) is 11.4 Å². The second-order valence-electron chi connectivity index (χ2n) is 5.61. The van der Waals surface area contributed by atoms with E-state index in [9.17, 15) is 9.59 Å². The third kappa shape index (κ3) is 2.78. The Kier molecular flexibility index (Phi) is 3.92. The first-order valence-corrected chi connectivity index (χ1v) is 7.45. The van der Waals surface area contributed by atoms with Crippen molar-refractivity contribution in [1.29, 1.82) is 0 Å². The highest BCUT2D eigenvalue weighted by Gasteiger charge is 2.27. The van der Waals surface area contributed by atoms with Gasteiger partial charge in [-0.3, -0.25) is 9.59 Å². The summed E-state index contributed by atoms with van der Waals surface area (Å²) in [7, 11) is 0. The highest BCUT2D eigenvalue weighted by Crippen LogP contribution is 2.36. The Morgan fingerprint density at radius 3 is 2.76 bits per heavy atom. The van der Waals surface area contributed by atoms with E-state index in [1.165, 1.54) is 0 Å². The van der Waals surface area contributed by atoms with E-state index in [4.69, 9.17) is 4.74 Å². The molecule has 2 amide bonds. The first-order chi connectivity index (χ1) is 10.2. The zero-order valence-electron chi connectivity index (χ0n) is 12.2. The van der Waals surface area contributed by atoms with Crippen LogP contribution in [0.3, 0.4) is 0 Å². The van der Waals surface area contributed by atoms with Crippen LogP contribution in [0.1, 0.15) is 25.3 Å². The van der Waals surface area contributed by atoms with E-state index < -0.39 is 0 Å². The van der Waals surface area contributed by atoms with E-state index in [2.05, 4.69) is 5.32 Å². The van der Waals surface area contributed by atoms with Crippen molar-refractivity contribution in [1.82, 2.24) is 0 Å². The molecule has 1 N–H and O–H groups in total. The quantitative estimate of drug-likeness (QED) is 0.905. The van der Waals surface area contributed by atoms with E-state index in [1.807, 2.05) is 18.2 Å².